The van der Waals surface area contributed by atoms with Gasteiger partial charge in [0.1, 0.15) is 0 Å². The van der Waals surface area contributed by atoms with Crippen molar-refractivity contribution in [3.05, 3.63) is 53.3 Å². The summed E-state index contributed by atoms with van der Waals surface area (Å²) in [6.45, 7) is 3.15. The normalized spacial score (nSPS) is 10.5. The first-order chi connectivity index (χ1) is 11.5. The van der Waals surface area contributed by atoms with Gasteiger partial charge in [0.2, 0.25) is 0 Å². The van der Waals surface area contributed by atoms with Crippen molar-refractivity contribution >= 4 is 18.1 Å². The summed E-state index contributed by atoms with van der Waals surface area (Å²) in [5.41, 5.74) is 4.33. The second-order valence-corrected chi connectivity index (χ2v) is 4.89. The fourth-order valence-corrected chi connectivity index (χ4v) is 1.84. The summed E-state index contributed by atoms with van der Waals surface area (Å²) in [5, 5.41) is 3.89. The molecule has 1 N–H and O–H groups in total. The maximum absolute atomic E-state index is 11.9. The van der Waals surface area contributed by atoms with Crippen LogP contribution in [-0.4, -0.2) is 30.2 Å². The molecule has 0 aliphatic heterocycles. The van der Waals surface area contributed by atoms with Gasteiger partial charge in [0, 0.05) is 18.8 Å². The topological polar surface area (TPSA) is 89.9 Å². The van der Waals surface area contributed by atoms with Crippen LogP contribution in [0.3, 0.4) is 0 Å². The number of nitrogens with one attached hydrogen (secondary N) is 1. The number of rotatable bonds is 5. The van der Waals surface area contributed by atoms with Crippen LogP contribution in [0.15, 0.2) is 41.6 Å². The van der Waals surface area contributed by atoms with Crippen molar-refractivity contribution < 1.29 is 19.1 Å². The molecule has 0 bridgehead atoms. The van der Waals surface area contributed by atoms with Crippen molar-refractivity contribution in [3.8, 4) is 11.5 Å². The lowest BCUT2D eigenvalue weighted by atomic mass is 10.2. The summed E-state index contributed by atoms with van der Waals surface area (Å²) < 4.78 is 10.2. The summed E-state index contributed by atoms with van der Waals surface area (Å²) >= 11 is 0. The molecule has 0 atom stereocenters. The zero-order valence-electron chi connectivity index (χ0n) is 13.6. The number of carbonyl (C=O) groups excluding carboxylic acids is 2. The van der Waals surface area contributed by atoms with E-state index in [0.717, 1.165) is 5.69 Å². The van der Waals surface area contributed by atoms with E-state index in [-0.39, 0.29) is 5.91 Å². The van der Waals surface area contributed by atoms with E-state index in [9.17, 15) is 9.59 Å². The van der Waals surface area contributed by atoms with Crippen molar-refractivity contribution in [2.24, 2.45) is 5.10 Å². The molecule has 124 valence electrons. The van der Waals surface area contributed by atoms with Gasteiger partial charge in [0.05, 0.1) is 18.9 Å². The predicted octanol–water partition coefficient (Wildman–Crippen LogP) is 2.09. The molecule has 0 aliphatic rings. The second-order valence-electron chi connectivity index (χ2n) is 4.89. The third-order valence-electron chi connectivity index (χ3n) is 2.99. The largest absolute Gasteiger partial charge is 0.493 e. The van der Waals surface area contributed by atoms with Gasteiger partial charge in [-0.05, 0) is 42.8 Å². The van der Waals surface area contributed by atoms with E-state index in [2.05, 4.69) is 15.5 Å². The Kier molecular flexibility index (Phi) is 5.62. The Balaban J connectivity index is 2.04. The third-order valence-corrected chi connectivity index (χ3v) is 2.99. The van der Waals surface area contributed by atoms with Crippen molar-refractivity contribution in [3.63, 3.8) is 0 Å². The van der Waals surface area contributed by atoms with Gasteiger partial charge in [-0.15, -0.1) is 0 Å². The Bertz CT molecular complexity index is 770. The fourth-order valence-electron chi connectivity index (χ4n) is 1.84. The molecule has 7 heteroatoms. The van der Waals surface area contributed by atoms with E-state index in [1.807, 2.05) is 6.92 Å². The number of hydrogen-bond donors (Lipinski definition) is 1. The van der Waals surface area contributed by atoms with E-state index >= 15 is 0 Å². The van der Waals surface area contributed by atoms with E-state index in [4.69, 9.17) is 9.47 Å². The molecule has 0 aliphatic carbocycles. The van der Waals surface area contributed by atoms with Crippen LogP contribution in [0.1, 0.15) is 28.5 Å². The monoisotopic (exact) mass is 327 g/mol. The number of pyridine rings is 1. The molecule has 7 nitrogen and oxygen atoms in total. The van der Waals surface area contributed by atoms with Crippen molar-refractivity contribution in [2.45, 2.75) is 13.8 Å². The van der Waals surface area contributed by atoms with E-state index in [1.54, 1.807) is 30.3 Å². The molecule has 0 unspecified atom stereocenters. The maximum atomic E-state index is 11.9. The molecule has 0 spiro atoms. The summed E-state index contributed by atoms with van der Waals surface area (Å²) in [4.78, 5) is 27.0. The second kappa shape index (κ2) is 7.87. The first-order valence-electron chi connectivity index (χ1n) is 7.12. The molecule has 0 saturated heterocycles. The van der Waals surface area contributed by atoms with Gasteiger partial charge in [-0.3, -0.25) is 14.6 Å². The molecule has 24 heavy (non-hydrogen) atoms. The molecular weight excluding hydrogens is 310 g/mol. The highest BCUT2D eigenvalue weighted by Crippen LogP contribution is 2.27. The number of amides is 1. The molecule has 2 aromatic rings. The number of ether oxygens (including phenoxy) is 2. The van der Waals surface area contributed by atoms with Crippen LogP contribution >= 0.6 is 0 Å². The Morgan fingerprint density at radius 2 is 2.00 bits per heavy atom. The van der Waals surface area contributed by atoms with Crippen LogP contribution in [0.25, 0.3) is 0 Å². The number of aryl methyl sites for hydroxylation is 1. The third kappa shape index (κ3) is 4.64. The summed E-state index contributed by atoms with van der Waals surface area (Å²) in [7, 11) is 1.47. The Morgan fingerprint density at radius 3 is 2.62 bits per heavy atom. The first kappa shape index (κ1) is 17.1. The SMILES string of the molecule is COc1cc(/C=N\NC(=O)c2ccc(C)nc2)ccc1OC(C)=O. The van der Waals surface area contributed by atoms with Gasteiger partial charge in [0.25, 0.3) is 5.91 Å². The minimum Gasteiger partial charge on any atom is -0.493 e. The van der Waals surface area contributed by atoms with Crippen molar-refractivity contribution in [1.82, 2.24) is 10.4 Å². The van der Waals surface area contributed by atoms with E-state index in [1.165, 1.54) is 26.4 Å². The van der Waals surface area contributed by atoms with E-state index < -0.39 is 5.97 Å². The lowest BCUT2D eigenvalue weighted by molar-refractivity contribution is -0.132. The number of esters is 1. The molecule has 0 fully saturated rings. The van der Waals surface area contributed by atoms with Crippen LogP contribution in [0, 0.1) is 6.92 Å². The van der Waals surface area contributed by atoms with E-state index in [0.29, 0.717) is 22.6 Å². The van der Waals surface area contributed by atoms with Gasteiger partial charge in [-0.1, -0.05) is 0 Å². The standard InChI is InChI=1S/C17H17N3O4/c1-11-4-6-14(10-18-11)17(22)20-19-9-13-5-7-15(24-12(2)21)16(8-13)23-3/h4-10H,1-3H3,(H,20,22)/b19-9-. The number of hydrazone groups is 1. The highest BCUT2D eigenvalue weighted by molar-refractivity contribution is 5.94. The summed E-state index contributed by atoms with van der Waals surface area (Å²) in [6.07, 6.45) is 2.94. The Morgan fingerprint density at radius 1 is 1.21 bits per heavy atom. The number of methoxy groups -OCH3 is 1. The summed E-state index contributed by atoms with van der Waals surface area (Å²) in [6, 6.07) is 8.33. The summed E-state index contributed by atoms with van der Waals surface area (Å²) in [5.74, 6) is -0.0870. The molecule has 0 saturated carbocycles. The average Bonchev–Trinajstić information content (AvgIpc) is 2.56. The number of benzene rings is 1. The number of nitrogens with zero attached hydrogens (tertiary/aromatic N) is 2. The molecule has 0 radical (unpaired) electrons. The minimum atomic E-state index is -0.436. The highest BCUT2D eigenvalue weighted by atomic mass is 16.6. The van der Waals surface area contributed by atoms with Crippen LogP contribution in [-0.2, 0) is 4.79 Å². The van der Waals surface area contributed by atoms with Gasteiger partial charge < -0.3 is 9.47 Å². The lowest BCUT2D eigenvalue weighted by Crippen LogP contribution is -2.17. The van der Waals surface area contributed by atoms with Gasteiger partial charge in [-0.25, -0.2) is 5.43 Å². The van der Waals surface area contributed by atoms with Crippen LogP contribution in [0.2, 0.25) is 0 Å². The first-order valence-corrected chi connectivity index (χ1v) is 7.12. The van der Waals surface area contributed by atoms with Gasteiger partial charge in [-0.2, -0.15) is 5.10 Å². The van der Waals surface area contributed by atoms with Crippen molar-refractivity contribution in [2.75, 3.05) is 7.11 Å². The highest BCUT2D eigenvalue weighted by Gasteiger charge is 2.07. The van der Waals surface area contributed by atoms with Gasteiger partial charge >= 0.3 is 5.97 Å². The predicted molar refractivity (Wildman–Crippen MR) is 88.3 cm³/mol. The lowest BCUT2D eigenvalue weighted by Gasteiger charge is -2.08. The Hall–Kier alpha value is -3.22. The van der Waals surface area contributed by atoms with Crippen LogP contribution in [0.4, 0.5) is 0 Å². The number of aromatic nitrogens is 1. The van der Waals surface area contributed by atoms with Crippen molar-refractivity contribution in [1.29, 1.82) is 0 Å². The van der Waals surface area contributed by atoms with Crippen LogP contribution in [0.5, 0.6) is 11.5 Å². The number of hydrogen-bond acceptors (Lipinski definition) is 6. The van der Waals surface area contributed by atoms with Crippen LogP contribution < -0.4 is 14.9 Å². The molecule has 1 heterocycles. The molecule has 1 aromatic heterocycles. The minimum absolute atomic E-state index is 0.317. The average molecular weight is 327 g/mol. The molecule has 2 rings (SSSR count). The smallest absolute Gasteiger partial charge is 0.308 e. The van der Waals surface area contributed by atoms with Gasteiger partial charge in [0.15, 0.2) is 11.5 Å². The maximum Gasteiger partial charge on any atom is 0.308 e. The Labute approximate surface area is 139 Å². The zero-order valence-corrected chi connectivity index (χ0v) is 13.6. The zero-order chi connectivity index (χ0) is 17.5. The molecule has 1 amide bonds. The molecular formula is C17H17N3O4. The quantitative estimate of drug-likeness (QED) is 0.393. The fraction of sp³-hybridized carbons (Fsp3) is 0.176. The number of carbonyl (C=O) groups is 2. The molecule has 1 aromatic carbocycles.